The molecule has 1 aliphatic rings. The molecule has 3 rings (SSSR count). The average molecular weight is 267 g/mol. The van der Waals surface area contributed by atoms with Crippen LogP contribution in [0.1, 0.15) is 33.9 Å². The zero-order chi connectivity index (χ0) is 13.9. The summed E-state index contributed by atoms with van der Waals surface area (Å²) in [5, 5.41) is 3.53. The molecule has 1 aliphatic carbocycles. The summed E-state index contributed by atoms with van der Waals surface area (Å²) in [6.07, 6.45) is 2.23. The van der Waals surface area contributed by atoms with Crippen LogP contribution in [-0.2, 0) is 11.2 Å². The van der Waals surface area contributed by atoms with Gasteiger partial charge in [0.15, 0.2) is 0 Å². The third-order valence-electron chi connectivity index (χ3n) is 3.78. The maximum atomic E-state index is 11.4. The number of fused-ring (bicyclic) bond motifs is 1. The van der Waals surface area contributed by atoms with E-state index in [0.29, 0.717) is 11.6 Å². The molecule has 0 fully saturated rings. The molecule has 2 aromatic carbocycles. The van der Waals surface area contributed by atoms with Crippen LogP contribution in [-0.4, -0.2) is 13.1 Å². The van der Waals surface area contributed by atoms with Gasteiger partial charge in [-0.2, -0.15) is 0 Å². The predicted octanol–water partition coefficient (Wildman–Crippen LogP) is 3.57. The monoisotopic (exact) mass is 267 g/mol. The van der Waals surface area contributed by atoms with Gasteiger partial charge in [0.05, 0.1) is 18.7 Å². The number of ether oxygens (including phenoxy) is 1. The molecular weight excluding hydrogens is 250 g/mol. The summed E-state index contributed by atoms with van der Waals surface area (Å²) < 4.78 is 4.70. The SMILES string of the molecule is COC(=O)c1ccc(NC2CCc3ccccc32)cc1. The molecule has 2 aromatic rings. The Labute approximate surface area is 118 Å². The molecule has 0 heterocycles. The number of hydrogen-bond donors (Lipinski definition) is 1. The molecule has 1 N–H and O–H groups in total. The van der Waals surface area contributed by atoms with Crippen LogP contribution in [0.25, 0.3) is 0 Å². The maximum Gasteiger partial charge on any atom is 0.337 e. The number of carbonyl (C=O) groups is 1. The van der Waals surface area contributed by atoms with E-state index in [1.807, 2.05) is 12.1 Å². The lowest BCUT2D eigenvalue weighted by atomic mass is 10.1. The topological polar surface area (TPSA) is 38.3 Å². The van der Waals surface area contributed by atoms with E-state index < -0.39 is 0 Å². The first-order valence-corrected chi connectivity index (χ1v) is 6.80. The van der Waals surface area contributed by atoms with Crippen molar-refractivity contribution in [2.24, 2.45) is 0 Å². The van der Waals surface area contributed by atoms with Gasteiger partial charge in [0.1, 0.15) is 0 Å². The highest BCUT2D eigenvalue weighted by atomic mass is 16.5. The number of esters is 1. The summed E-state index contributed by atoms with van der Waals surface area (Å²) in [6.45, 7) is 0. The van der Waals surface area contributed by atoms with Gasteiger partial charge in [0, 0.05) is 5.69 Å². The molecule has 0 bridgehead atoms. The highest BCUT2D eigenvalue weighted by Crippen LogP contribution is 2.33. The number of hydrogen-bond acceptors (Lipinski definition) is 3. The van der Waals surface area contributed by atoms with Crippen molar-refractivity contribution in [3.63, 3.8) is 0 Å². The van der Waals surface area contributed by atoms with E-state index in [2.05, 4.69) is 29.6 Å². The smallest absolute Gasteiger partial charge is 0.337 e. The zero-order valence-corrected chi connectivity index (χ0v) is 11.4. The minimum atomic E-state index is -0.303. The van der Waals surface area contributed by atoms with Crippen LogP contribution in [0.4, 0.5) is 5.69 Å². The summed E-state index contributed by atoms with van der Waals surface area (Å²) in [5.74, 6) is -0.303. The van der Waals surface area contributed by atoms with E-state index in [1.165, 1.54) is 18.2 Å². The third-order valence-corrected chi connectivity index (χ3v) is 3.78. The standard InChI is InChI=1S/C17H17NO2/c1-20-17(19)13-6-9-14(10-7-13)18-16-11-8-12-4-2-3-5-15(12)16/h2-7,9-10,16,18H,8,11H2,1H3. The molecule has 0 aliphatic heterocycles. The second-order valence-corrected chi connectivity index (χ2v) is 5.00. The van der Waals surface area contributed by atoms with Crippen molar-refractivity contribution >= 4 is 11.7 Å². The zero-order valence-electron chi connectivity index (χ0n) is 11.4. The molecule has 1 atom stereocenters. The van der Waals surface area contributed by atoms with Crippen LogP contribution < -0.4 is 5.32 Å². The Kier molecular flexibility index (Phi) is 3.42. The van der Waals surface area contributed by atoms with Gasteiger partial charge in [0.2, 0.25) is 0 Å². The largest absolute Gasteiger partial charge is 0.465 e. The Morgan fingerprint density at radius 1 is 1.15 bits per heavy atom. The number of anilines is 1. The van der Waals surface area contributed by atoms with Gasteiger partial charge in [-0.3, -0.25) is 0 Å². The van der Waals surface area contributed by atoms with Crippen molar-refractivity contribution < 1.29 is 9.53 Å². The number of benzene rings is 2. The van der Waals surface area contributed by atoms with E-state index in [1.54, 1.807) is 12.1 Å². The molecular formula is C17H17NO2. The van der Waals surface area contributed by atoms with Crippen LogP contribution in [0.3, 0.4) is 0 Å². The molecule has 0 saturated heterocycles. The lowest BCUT2D eigenvalue weighted by Gasteiger charge is -2.15. The fourth-order valence-electron chi connectivity index (χ4n) is 2.73. The first kappa shape index (κ1) is 12.7. The molecule has 0 saturated carbocycles. The Morgan fingerprint density at radius 3 is 2.65 bits per heavy atom. The summed E-state index contributed by atoms with van der Waals surface area (Å²) in [5.41, 5.74) is 4.41. The Balaban J connectivity index is 1.75. The average Bonchev–Trinajstić information content (AvgIpc) is 2.91. The molecule has 0 spiro atoms. The lowest BCUT2D eigenvalue weighted by molar-refractivity contribution is 0.0601. The van der Waals surface area contributed by atoms with Crippen LogP contribution in [0.5, 0.6) is 0 Å². The van der Waals surface area contributed by atoms with Gasteiger partial charge < -0.3 is 10.1 Å². The molecule has 3 nitrogen and oxygen atoms in total. The summed E-state index contributed by atoms with van der Waals surface area (Å²) in [7, 11) is 1.39. The van der Waals surface area contributed by atoms with E-state index >= 15 is 0 Å². The minimum absolute atomic E-state index is 0.303. The van der Waals surface area contributed by atoms with Crippen molar-refractivity contribution in [1.82, 2.24) is 0 Å². The second kappa shape index (κ2) is 5.37. The van der Waals surface area contributed by atoms with Gasteiger partial charge in [0.25, 0.3) is 0 Å². The Bertz CT molecular complexity index is 619. The van der Waals surface area contributed by atoms with Crippen LogP contribution in [0.2, 0.25) is 0 Å². The Hall–Kier alpha value is -2.29. The molecule has 1 unspecified atom stereocenters. The lowest BCUT2D eigenvalue weighted by Crippen LogP contribution is -2.07. The van der Waals surface area contributed by atoms with E-state index in [9.17, 15) is 4.79 Å². The summed E-state index contributed by atoms with van der Waals surface area (Å²) >= 11 is 0. The highest BCUT2D eigenvalue weighted by Gasteiger charge is 2.21. The van der Waals surface area contributed by atoms with Crippen molar-refractivity contribution in [2.45, 2.75) is 18.9 Å². The number of carbonyl (C=O) groups excluding carboxylic acids is 1. The van der Waals surface area contributed by atoms with Crippen molar-refractivity contribution in [3.05, 3.63) is 65.2 Å². The van der Waals surface area contributed by atoms with Gasteiger partial charge in [-0.25, -0.2) is 4.79 Å². The number of rotatable bonds is 3. The predicted molar refractivity (Wildman–Crippen MR) is 78.9 cm³/mol. The molecule has 3 heteroatoms. The normalized spacial score (nSPS) is 16.6. The van der Waals surface area contributed by atoms with Crippen LogP contribution >= 0.6 is 0 Å². The van der Waals surface area contributed by atoms with Crippen molar-refractivity contribution in [2.75, 3.05) is 12.4 Å². The van der Waals surface area contributed by atoms with E-state index in [-0.39, 0.29) is 5.97 Å². The third kappa shape index (κ3) is 2.39. The molecule has 102 valence electrons. The van der Waals surface area contributed by atoms with E-state index in [0.717, 1.165) is 18.5 Å². The van der Waals surface area contributed by atoms with Gasteiger partial charge in [-0.15, -0.1) is 0 Å². The summed E-state index contributed by atoms with van der Waals surface area (Å²) in [6, 6.07) is 16.3. The van der Waals surface area contributed by atoms with E-state index in [4.69, 9.17) is 4.74 Å². The Morgan fingerprint density at radius 2 is 1.90 bits per heavy atom. The second-order valence-electron chi connectivity index (χ2n) is 5.00. The van der Waals surface area contributed by atoms with Crippen molar-refractivity contribution in [3.8, 4) is 0 Å². The molecule has 20 heavy (non-hydrogen) atoms. The summed E-state index contributed by atoms with van der Waals surface area (Å²) in [4.78, 5) is 11.4. The quantitative estimate of drug-likeness (QED) is 0.864. The number of methoxy groups -OCH3 is 1. The minimum Gasteiger partial charge on any atom is -0.465 e. The maximum absolute atomic E-state index is 11.4. The molecule has 0 radical (unpaired) electrons. The van der Waals surface area contributed by atoms with Gasteiger partial charge in [-0.1, -0.05) is 24.3 Å². The fourth-order valence-corrected chi connectivity index (χ4v) is 2.73. The fraction of sp³-hybridized carbons (Fsp3) is 0.235. The van der Waals surface area contributed by atoms with Crippen LogP contribution in [0, 0.1) is 0 Å². The first-order valence-electron chi connectivity index (χ1n) is 6.80. The van der Waals surface area contributed by atoms with Crippen molar-refractivity contribution in [1.29, 1.82) is 0 Å². The van der Waals surface area contributed by atoms with Gasteiger partial charge >= 0.3 is 5.97 Å². The highest BCUT2D eigenvalue weighted by molar-refractivity contribution is 5.89. The van der Waals surface area contributed by atoms with Gasteiger partial charge in [-0.05, 0) is 48.2 Å². The molecule has 0 amide bonds. The first-order chi connectivity index (χ1) is 9.78. The number of nitrogens with one attached hydrogen (secondary N) is 1. The molecule has 0 aromatic heterocycles. The number of aryl methyl sites for hydroxylation is 1. The van der Waals surface area contributed by atoms with Crippen LogP contribution in [0.15, 0.2) is 48.5 Å².